The number of quaternary nitrogens is 8. The number of likely N-dealkylation sites (N-methyl/N-ethyl adjacent to an activating group) is 2. The first-order chi connectivity index (χ1) is 69.7. The summed E-state index contributed by atoms with van der Waals surface area (Å²) in [4.78, 5) is 0. The molecule has 0 heterocycles. The molecule has 816 valence electrons. The van der Waals surface area contributed by atoms with E-state index < -0.39 is 0 Å². The van der Waals surface area contributed by atoms with Gasteiger partial charge in [-0.3, -0.25) is 0 Å². The van der Waals surface area contributed by atoms with E-state index in [-0.39, 0.29) is 0 Å². The van der Waals surface area contributed by atoms with Crippen LogP contribution in [-0.4, -0.2) is 321 Å². The van der Waals surface area contributed by atoms with E-state index in [1.165, 1.54) is 358 Å². The molecule has 8 aromatic carbocycles. The summed E-state index contributed by atoms with van der Waals surface area (Å²) < 4.78 is 21.5. The largest absolute Gasteiger partial charge is 0.375 e. The predicted molar refractivity (Wildman–Crippen MR) is 660 cm³/mol. The molecule has 0 aliphatic heterocycles. The summed E-state index contributed by atoms with van der Waals surface area (Å²) in [5.41, 5.74) is 11.4. The van der Waals surface area contributed by atoms with Crippen LogP contribution in [0.25, 0.3) is 0 Å². The number of nitrogens with zero attached hydrogens (tertiary/aromatic N) is 8. The quantitative estimate of drug-likeness (QED) is 0.0274. The van der Waals surface area contributed by atoms with E-state index in [9.17, 15) is 0 Å². The molecule has 0 bridgehead atoms. The minimum atomic E-state index is 0.839. The predicted octanol–water partition coefficient (Wildman–Crippen LogP) is 30.7. The van der Waals surface area contributed by atoms with Crippen molar-refractivity contribution < 1.29 is 45.3 Å². The van der Waals surface area contributed by atoms with Gasteiger partial charge >= 0.3 is 0 Å². The van der Waals surface area contributed by atoms with Crippen molar-refractivity contribution in [3.8, 4) is 0 Å². The Morgan fingerprint density at radius 3 is 0.576 bits per heavy atom. The maximum Gasteiger partial charge on any atom is 0.102 e. The number of ether oxygens (including phenoxy) is 2. The third kappa shape index (κ3) is 69.8. The summed E-state index contributed by atoms with van der Waals surface area (Å²) in [7, 11) is 13.5. The van der Waals surface area contributed by atoms with Crippen molar-refractivity contribution in [1.29, 1.82) is 0 Å². The normalized spacial score (nSPS) is 12.4. The van der Waals surface area contributed by atoms with Gasteiger partial charge in [-0.2, -0.15) is 70.6 Å². The highest BCUT2D eigenvalue weighted by molar-refractivity contribution is 7.99. The van der Waals surface area contributed by atoms with Crippen molar-refractivity contribution in [3.63, 3.8) is 0 Å². The van der Waals surface area contributed by atoms with E-state index >= 15 is 0 Å². The van der Waals surface area contributed by atoms with E-state index in [1.54, 1.807) is 0 Å². The topological polar surface area (TPSA) is 18.5 Å². The Hall–Kier alpha value is -4.54. The Morgan fingerprint density at radius 2 is 0.354 bits per heavy atom. The van der Waals surface area contributed by atoms with Gasteiger partial charge in [-0.15, -0.1) is 0 Å². The maximum atomic E-state index is 5.91. The summed E-state index contributed by atoms with van der Waals surface area (Å²) >= 11 is 12.4. The first-order valence-corrected chi connectivity index (χ1v) is 64.3. The molecule has 0 N–H and O–H groups in total. The molecule has 0 saturated carbocycles. The van der Waals surface area contributed by atoms with Gasteiger partial charge in [-0.25, -0.2) is 0 Å². The van der Waals surface area contributed by atoms with E-state index in [0.717, 1.165) is 77.8 Å². The standard InChI is InChI=1S/C19H34NO.C18H32NO.C18H32NS.C17H30NS.C16H28NS.C15H26NS.C13H22NS.C12H20NS/c1-4-7-15-20(6-3,14-5-2)16-18-21-17-13-19-11-9-8-10-12-19;1-4-13-19(6-3,14-5-2)15-17-20-16-12-18-10-8-7-9-11-18;1-4-7-14-19(6-3,13-5-2)15-16-20-17-18-11-9-8-10-12-18;1-4-12-18(6-3,13-5-2)14-15-19-16-17-10-8-7-9-11-17;1-4-17(5-2,6-3)13-15-18-14-12-16-10-8-7-9-11-16;1-4-16(5-2,6-3)12-13-17-14-15-10-8-7-9-11-15;1-14(2,3)10-12-15-11-9-13-7-5-4-6-8-13;1-13(2,3)9-10-14-11-12-7-5-4-6-8-12/h8-12H,4-7,13-18H2,1-3H3;7-11H,4-6,12-17H2,1-3H3;8-12H,4-7,13-17H2,1-3H3;7-11H,4-6,12-16H2,1-3H3;7-11H,4-6,12-15H2,1-3H3;7-11H,4-6,12-14H2,1-3H3;4-8H,9-12H2,1-3H3;4-8H,9-11H2,1-3H3/q8*+1. The lowest BCUT2D eigenvalue weighted by molar-refractivity contribution is -0.927. The molecule has 2 unspecified atom stereocenters. The highest BCUT2D eigenvalue weighted by atomic mass is 32.2. The number of benzene rings is 8. The van der Waals surface area contributed by atoms with Gasteiger partial charge in [0, 0.05) is 57.5 Å². The second-order valence-electron chi connectivity index (χ2n) is 41.6. The Kier molecular flexibility index (Phi) is 85.0. The van der Waals surface area contributed by atoms with Gasteiger partial charge in [0.25, 0.3) is 0 Å². The summed E-state index contributed by atoms with van der Waals surface area (Å²) in [6, 6.07) is 85.8. The van der Waals surface area contributed by atoms with Gasteiger partial charge in [-0.05, 0) is 202 Å². The fourth-order valence-electron chi connectivity index (χ4n) is 18.4. The van der Waals surface area contributed by atoms with Crippen molar-refractivity contribution in [3.05, 3.63) is 287 Å². The van der Waals surface area contributed by atoms with Crippen molar-refractivity contribution in [2.75, 3.05) is 285 Å². The number of aryl methyl sites for hydroxylation is 2. The molecule has 8 aromatic rings. The average Bonchev–Trinajstić information content (AvgIpc) is 0.890. The zero-order valence-corrected chi connectivity index (χ0v) is 102. The van der Waals surface area contributed by atoms with Gasteiger partial charge in [0.2, 0.25) is 0 Å². The molecule has 0 aliphatic rings. The fourth-order valence-corrected chi connectivity index (χ4v) is 25.3. The minimum Gasteiger partial charge on any atom is -0.375 e. The van der Waals surface area contributed by atoms with Gasteiger partial charge in [0.1, 0.15) is 13.1 Å². The molecule has 0 aliphatic carbocycles. The molecule has 0 spiro atoms. The number of hydrogen-bond donors (Lipinski definition) is 0. The van der Waals surface area contributed by atoms with E-state index in [0.29, 0.717) is 0 Å². The smallest absolute Gasteiger partial charge is 0.102 e. The molecule has 10 nitrogen and oxygen atoms in total. The zero-order chi connectivity index (χ0) is 106. The Morgan fingerprint density at radius 1 is 0.167 bits per heavy atom. The molecular formula is C128H224N8O2S6+8. The van der Waals surface area contributed by atoms with Gasteiger partial charge in [0.05, 0.1) is 226 Å². The molecular weight excluding hydrogens is 1870 g/mol. The van der Waals surface area contributed by atoms with Crippen LogP contribution in [0.15, 0.2) is 243 Å². The third-order valence-corrected chi connectivity index (χ3v) is 34.9. The fraction of sp³-hybridized carbons (Fsp3) is 0.625. The molecule has 0 saturated heterocycles. The van der Waals surface area contributed by atoms with Crippen LogP contribution in [0.1, 0.15) is 233 Å². The highest BCUT2D eigenvalue weighted by Gasteiger charge is 2.28. The van der Waals surface area contributed by atoms with E-state index in [1.807, 2.05) is 11.8 Å². The lowest BCUT2D eigenvalue weighted by atomic mass is 10.2. The Bertz CT molecular complexity index is 4010. The van der Waals surface area contributed by atoms with E-state index in [4.69, 9.17) is 9.47 Å². The van der Waals surface area contributed by atoms with E-state index in [2.05, 4.69) is 468 Å². The van der Waals surface area contributed by atoms with Crippen LogP contribution < -0.4 is 0 Å². The van der Waals surface area contributed by atoms with Crippen molar-refractivity contribution in [2.24, 2.45) is 0 Å². The molecule has 0 fully saturated rings. The number of rotatable bonds is 72. The van der Waals surface area contributed by atoms with Crippen LogP contribution in [0.5, 0.6) is 0 Å². The molecule has 0 amide bonds. The average molecular weight is 2100 g/mol. The van der Waals surface area contributed by atoms with Crippen LogP contribution >= 0.6 is 70.6 Å². The van der Waals surface area contributed by atoms with Crippen LogP contribution in [-0.2, 0) is 58.2 Å². The summed E-state index contributed by atoms with van der Waals surface area (Å²) in [5, 5.41) is 0. The monoisotopic (exact) mass is 2100 g/mol. The number of unbranched alkanes of at least 4 members (excludes halogenated alkanes) is 2. The van der Waals surface area contributed by atoms with Gasteiger partial charge < -0.3 is 45.3 Å². The molecule has 16 heteroatoms. The third-order valence-electron chi connectivity index (χ3n) is 28.9. The zero-order valence-electron chi connectivity index (χ0n) is 97.5. The van der Waals surface area contributed by atoms with Gasteiger partial charge in [-0.1, -0.05) is 311 Å². The molecule has 144 heavy (non-hydrogen) atoms. The van der Waals surface area contributed by atoms with Crippen LogP contribution in [0, 0.1) is 0 Å². The first kappa shape index (κ1) is 137. The number of thioether (sulfide) groups is 6. The lowest BCUT2D eigenvalue weighted by Gasteiger charge is -2.38. The number of hydrogen-bond acceptors (Lipinski definition) is 8. The van der Waals surface area contributed by atoms with Crippen molar-refractivity contribution >= 4 is 70.6 Å². The maximum absolute atomic E-state index is 5.91. The van der Waals surface area contributed by atoms with Gasteiger partial charge in [0.15, 0.2) is 0 Å². The molecule has 8 rings (SSSR count). The Labute approximate surface area is 918 Å². The second kappa shape index (κ2) is 89.0. The summed E-state index contributed by atoms with van der Waals surface area (Å²) in [6.07, 6.45) is 17.5. The van der Waals surface area contributed by atoms with Crippen LogP contribution in [0.2, 0.25) is 0 Å². The Balaban J connectivity index is 0.000000825. The summed E-state index contributed by atoms with van der Waals surface area (Å²) in [6.45, 7) is 78.5. The minimum absolute atomic E-state index is 0.839. The van der Waals surface area contributed by atoms with Crippen molar-refractivity contribution in [1.82, 2.24) is 0 Å². The molecule has 0 radical (unpaired) electrons. The van der Waals surface area contributed by atoms with Crippen LogP contribution in [0.3, 0.4) is 0 Å². The summed E-state index contributed by atoms with van der Waals surface area (Å²) in [5.74, 6) is 14.7. The second-order valence-corrected chi connectivity index (χ2v) is 48.5. The molecule has 2 atom stereocenters. The lowest BCUT2D eigenvalue weighted by Crippen LogP contribution is -2.51. The highest BCUT2D eigenvalue weighted by Crippen LogP contribution is 2.23. The molecule has 0 aromatic heterocycles. The van der Waals surface area contributed by atoms with Crippen LogP contribution in [0.4, 0.5) is 0 Å². The van der Waals surface area contributed by atoms with Crippen molar-refractivity contribution in [2.45, 2.75) is 238 Å². The first-order valence-electron chi connectivity index (χ1n) is 57.4. The SMILES string of the molecule is CCCC[N+](CC)(CCC)CCOCCc1ccccc1.CCCC[N+](CC)(CCC)CCSCc1ccccc1.CCC[N+](CC)(CCC)CCOCCc1ccccc1.CCC[N+](CC)(CCC)CCSCc1ccccc1.CC[N+](CC)(CC)CCSCCc1ccccc1.CC[N+](CC)(CC)CCSCc1ccccc1.C[N+](C)(C)CCSCCc1ccccc1.C[N+](C)(C)CCSCc1ccccc1.